The number of nitrogens with zero attached hydrogens (tertiary/aromatic N) is 1. The van der Waals surface area contributed by atoms with Gasteiger partial charge in [0, 0.05) is 24.4 Å². The number of benzene rings is 1. The number of nitrogens with one attached hydrogen (secondary N) is 2. The molecule has 1 amide bonds. The average molecular weight is 307 g/mol. The van der Waals surface area contributed by atoms with Crippen molar-refractivity contribution >= 4 is 5.91 Å². The van der Waals surface area contributed by atoms with Gasteiger partial charge in [-0.25, -0.2) is 13.8 Å². The quantitative estimate of drug-likeness (QED) is 0.857. The van der Waals surface area contributed by atoms with E-state index in [9.17, 15) is 13.6 Å². The Balaban J connectivity index is 2.12. The molecule has 0 spiro atoms. The zero-order valence-electron chi connectivity index (χ0n) is 11.9. The van der Waals surface area contributed by atoms with E-state index in [2.05, 4.69) is 15.6 Å². The number of halogens is 2. The third-order valence-electron chi connectivity index (χ3n) is 2.76. The van der Waals surface area contributed by atoms with E-state index in [0.29, 0.717) is 5.56 Å². The lowest BCUT2D eigenvalue weighted by Crippen LogP contribution is -2.31. The summed E-state index contributed by atoms with van der Waals surface area (Å²) in [7, 11) is 1.66. The van der Waals surface area contributed by atoms with Crippen LogP contribution in [0.5, 0.6) is 11.6 Å². The average Bonchev–Trinajstić information content (AvgIpc) is 2.49. The molecule has 0 saturated carbocycles. The highest BCUT2D eigenvalue weighted by atomic mass is 19.1. The first kappa shape index (κ1) is 15.8. The van der Waals surface area contributed by atoms with Crippen molar-refractivity contribution in [3.8, 4) is 11.6 Å². The van der Waals surface area contributed by atoms with E-state index in [1.807, 2.05) is 0 Å². The standard InChI is InChI=1S/C15H15F2N3O2/c1-18-9-14(21)20-8-10-3-2-6-19-15(10)22-13-5-4-11(16)7-12(13)17/h2-7,18H,8-9H2,1H3,(H,20,21). The van der Waals surface area contributed by atoms with Crippen LogP contribution in [0.2, 0.25) is 0 Å². The Kier molecular flexibility index (Phi) is 5.37. The van der Waals surface area contributed by atoms with Crippen LogP contribution in [0.4, 0.5) is 8.78 Å². The zero-order valence-corrected chi connectivity index (χ0v) is 11.9. The highest BCUT2D eigenvalue weighted by molar-refractivity contribution is 5.77. The van der Waals surface area contributed by atoms with E-state index in [1.165, 1.54) is 12.3 Å². The molecule has 116 valence electrons. The summed E-state index contributed by atoms with van der Waals surface area (Å²) in [6.07, 6.45) is 1.48. The summed E-state index contributed by atoms with van der Waals surface area (Å²) in [5.41, 5.74) is 0.579. The normalized spacial score (nSPS) is 10.3. The Morgan fingerprint density at radius 1 is 1.32 bits per heavy atom. The summed E-state index contributed by atoms with van der Waals surface area (Å²) in [5, 5.41) is 5.40. The van der Waals surface area contributed by atoms with Gasteiger partial charge in [0.25, 0.3) is 0 Å². The van der Waals surface area contributed by atoms with E-state index < -0.39 is 11.6 Å². The fourth-order valence-corrected chi connectivity index (χ4v) is 1.73. The predicted molar refractivity (Wildman–Crippen MR) is 76.4 cm³/mol. The molecule has 0 aliphatic heterocycles. The molecule has 0 aliphatic rings. The number of rotatable bonds is 6. The van der Waals surface area contributed by atoms with E-state index in [1.54, 1.807) is 19.2 Å². The van der Waals surface area contributed by atoms with E-state index >= 15 is 0 Å². The van der Waals surface area contributed by atoms with Gasteiger partial charge in [0.2, 0.25) is 11.8 Å². The molecule has 1 aromatic heterocycles. The van der Waals surface area contributed by atoms with Crippen molar-refractivity contribution in [1.29, 1.82) is 0 Å². The number of carbonyl (C=O) groups is 1. The van der Waals surface area contributed by atoms with Crippen molar-refractivity contribution in [3.63, 3.8) is 0 Å². The van der Waals surface area contributed by atoms with Gasteiger partial charge in [0.15, 0.2) is 11.6 Å². The molecule has 0 fully saturated rings. The van der Waals surface area contributed by atoms with Gasteiger partial charge in [-0.15, -0.1) is 0 Å². The van der Waals surface area contributed by atoms with Gasteiger partial charge in [0.1, 0.15) is 5.82 Å². The van der Waals surface area contributed by atoms with Crippen molar-refractivity contribution in [3.05, 3.63) is 53.7 Å². The number of likely N-dealkylation sites (N-methyl/N-ethyl adjacent to an activating group) is 1. The topological polar surface area (TPSA) is 63.2 Å². The van der Waals surface area contributed by atoms with Gasteiger partial charge in [0.05, 0.1) is 6.54 Å². The van der Waals surface area contributed by atoms with Crippen LogP contribution < -0.4 is 15.4 Å². The monoisotopic (exact) mass is 307 g/mol. The molecule has 2 aromatic rings. The molecule has 2 N–H and O–H groups in total. The Morgan fingerprint density at radius 3 is 2.86 bits per heavy atom. The maximum absolute atomic E-state index is 13.6. The minimum atomic E-state index is -0.823. The van der Waals surface area contributed by atoms with E-state index in [4.69, 9.17) is 4.74 Å². The van der Waals surface area contributed by atoms with E-state index in [-0.39, 0.29) is 30.6 Å². The third-order valence-corrected chi connectivity index (χ3v) is 2.76. The smallest absolute Gasteiger partial charge is 0.234 e. The first-order valence-electron chi connectivity index (χ1n) is 6.58. The van der Waals surface area contributed by atoms with E-state index in [0.717, 1.165) is 12.1 Å². The second-order valence-corrected chi connectivity index (χ2v) is 4.45. The van der Waals surface area contributed by atoms with Gasteiger partial charge < -0.3 is 15.4 Å². The molecule has 1 aromatic carbocycles. The minimum Gasteiger partial charge on any atom is -0.436 e. The summed E-state index contributed by atoms with van der Waals surface area (Å²) in [6, 6.07) is 6.38. The summed E-state index contributed by atoms with van der Waals surface area (Å²) >= 11 is 0. The van der Waals surface area contributed by atoms with Gasteiger partial charge in [-0.2, -0.15) is 0 Å². The maximum Gasteiger partial charge on any atom is 0.234 e. The Bertz CT molecular complexity index is 665. The molecule has 0 bridgehead atoms. The lowest BCUT2D eigenvalue weighted by Gasteiger charge is -2.11. The van der Waals surface area contributed by atoms with Crippen molar-refractivity contribution < 1.29 is 18.3 Å². The van der Waals surface area contributed by atoms with Crippen LogP contribution in [0.25, 0.3) is 0 Å². The van der Waals surface area contributed by atoms with Gasteiger partial charge in [-0.1, -0.05) is 6.07 Å². The first-order chi connectivity index (χ1) is 10.6. The number of ether oxygens (including phenoxy) is 1. The highest BCUT2D eigenvalue weighted by Gasteiger charge is 2.11. The van der Waals surface area contributed by atoms with Crippen LogP contribution in [-0.2, 0) is 11.3 Å². The van der Waals surface area contributed by atoms with Crippen molar-refractivity contribution in [2.24, 2.45) is 0 Å². The second kappa shape index (κ2) is 7.46. The maximum atomic E-state index is 13.6. The molecule has 5 nitrogen and oxygen atoms in total. The molecule has 0 atom stereocenters. The fraction of sp³-hybridized carbons (Fsp3) is 0.200. The number of pyridine rings is 1. The number of aromatic nitrogens is 1. The van der Waals surface area contributed by atoms with Crippen molar-refractivity contribution in [1.82, 2.24) is 15.6 Å². The molecule has 0 saturated heterocycles. The molecule has 7 heteroatoms. The molecule has 1 heterocycles. The second-order valence-electron chi connectivity index (χ2n) is 4.45. The molecule has 2 rings (SSSR count). The summed E-state index contributed by atoms with van der Waals surface area (Å²) in [4.78, 5) is 15.5. The van der Waals surface area contributed by atoms with Crippen LogP contribution in [0.3, 0.4) is 0 Å². The Morgan fingerprint density at radius 2 is 2.14 bits per heavy atom. The summed E-state index contributed by atoms with van der Waals surface area (Å²) < 4.78 is 31.9. The minimum absolute atomic E-state index is 0.136. The molecular formula is C15H15F2N3O2. The Hall–Kier alpha value is -2.54. The van der Waals surface area contributed by atoms with Crippen molar-refractivity contribution in [2.45, 2.75) is 6.54 Å². The van der Waals surface area contributed by atoms with Gasteiger partial charge in [-0.05, 0) is 25.2 Å². The number of carbonyl (C=O) groups excluding carboxylic acids is 1. The molecule has 0 aliphatic carbocycles. The van der Waals surface area contributed by atoms with Gasteiger partial charge >= 0.3 is 0 Å². The van der Waals surface area contributed by atoms with Crippen LogP contribution in [-0.4, -0.2) is 24.5 Å². The largest absolute Gasteiger partial charge is 0.436 e. The van der Waals surface area contributed by atoms with Crippen LogP contribution >= 0.6 is 0 Å². The van der Waals surface area contributed by atoms with Crippen LogP contribution in [0, 0.1) is 11.6 Å². The predicted octanol–water partition coefficient (Wildman–Crippen LogP) is 1.99. The van der Waals surface area contributed by atoms with Crippen LogP contribution in [0.1, 0.15) is 5.56 Å². The molecule has 22 heavy (non-hydrogen) atoms. The lowest BCUT2D eigenvalue weighted by molar-refractivity contribution is -0.120. The molecular weight excluding hydrogens is 292 g/mol. The summed E-state index contributed by atoms with van der Waals surface area (Å²) in [5.74, 6) is -1.69. The van der Waals surface area contributed by atoms with Crippen molar-refractivity contribution in [2.75, 3.05) is 13.6 Å². The Labute approximate surface area is 126 Å². The van der Waals surface area contributed by atoms with Gasteiger partial charge in [-0.3, -0.25) is 4.79 Å². The number of hydrogen-bond donors (Lipinski definition) is 2. The highest BCUT2D eigenvalue weighted by Crippen LogP contribution is 2.25. The number of hydrogen-bond acceptors (Lipinski definition) is 4. The van der Waals surface area contributed by atoms with Crippen LogP contribution in [0.15, 0.2) is 36.5 Å². The first-order valence-corrected chi connectivity index (χ1v) is 6.58. The zero-order chi connectivity index (χ0) is 15.9. The lowest BCUT2D eigenvalue weighted by atomic mass is 10.2. The molecule has 0 radical (unpaired) electrons. The number of amides is 1. The third kappa shape index (κ3) is 4.23. The molecule has 0 unspecified atom stereocenters. The SMILES string of the molecule is CNCC(=O)NCc1cccnc1Oc1ccc(F)cc1F. The fourth-order valence-electron chi connectivity index (χ4n) is 1.73. The summed E-state index contributed by atoms with van der Waals surface area (Å²) in [6.45, 7) is 0.371.